The molecular formula is C18H22Cl2N3O3S+. The maximum atomic E-state index is 12.2. The first-order chi connectivity index (χ1) is 12.6. The molecule has 0 aromatic heterocycles. The Morgan fingerprint density at radius 3 is 2.33 bits per heavy atom. The molecule has 1 amide bonds. The summed E-state index contributed by atoms with van der Waals surface area (Å²) < 4.78 is 25.2. The Morgan fingerprint density at radius 2 is 1.74 bits per heavy atom. The van der Waals surface area contributed by atoms with E-state index in [-0.39, 0.29) is 17.3 Å². The third kappa shape index (κ3) is 5.67. The number of sulfonamides is 1. The quantitative estimate of drug-likeness (QED) is 0.704. The molecule has 0 aliphatic carbocycles. The molecule has 0 spiro atoms. The third-order valence-electron chi connectivity index (χ3n) is 3.90. The molecule has 0 heterocycles. The van der Waals surface area contributed by atoms with Crippen LogP contribution >= 0.6 is 23.2 Å². The van der Waals surface area contributed by atoms with Gasteiger partial charge in [-0.15, -0.1) is 0 Å². The SMILES string of the molecule is CN(C)S(=O)(=O)c1ccc(NC(=O)C[NH+](C)Cc2cccc(Cl)c2Cl)cc1. The van der Waals surface area contributed by atoms with E-state index in [9.17, 15) is 13.2 Å². The summed E-state index contributed by atoms with van der Waals surface area (Å²) in [6.07, 6.45) is 0. The van der Waals surface area contributed by atoms with Crippen molar-refractivity contribution in [1.29, 1.82) is 0 Å². The zero-order valence-electron chi connectivity index (χ0n) is 15.3. The largest absolute Gasteiger partial charge is 0.326 e. The number of hydrogen-bond acceptors (Lipinski definition) is 3. The van der Waals surface area contributed by atoms with Gasteiger partial charge < -0.3 is 10.2 Å². The molecule has 27 heavy (non-hydrogen) atoms. The summed E-state index contributed by atoms with van der Waals surface area (Å²) in [5, 5.41) is 3.75. The lowest BCUT2D eigenvalue weighted by Crippen LogP contribution is -3.08. The van der Waals surface area contributed by atoms with Crippen molar-refractivity contribution in [1.82, 2.24) is 4.31 Å². The fourth-order valence-corrected chi connectivity index (χ4v) is 3.76. The van der Waals surface area contributed by atoms with Crippen LogP contribution in [0.2, 0.25) is 10.0 Å². The molecule has 0 saturated heterocycles. The Balaban J connectivity index is 1.96. The first kappa shape index (κ1) is 21.7. The van der Waals surface area contributed by atoms with Gasteiger partial charge in [0.25, 0.3) is 5.91 Å². The molecule has 0 aliphatic rings. The number of carbonyl (C=O) groups excluding carboxylic acids is 1. The van der Waals surface area contributed by atoms with Crippen LogP contribution in [0.3, 0.4) is 0 Å². The van der Waals surface area contributed by atoms with E-state index in [1.807, 2.05) is 19.2 Å². The second-order valence-corrected chi connectivity index (χ2v) is 9.32. The van der Waals surface area contributed by atoms with Gasteiger partial charge in [-0.3, -0.25) is 4.79 Å². The minimum absolute atomic E-state index is 0.170. The van der Waals surface area contributed by atoms with Gasteiger partial charge in [0.05, 0.1) is 22.0 Å². The predicted octanol–water partition coefficient (Wildman–Crippen LogP) is 1.90. The van der Waals surface area contributed by atoms with Crippen LogP contribution in [0.15, 0.2) is 47.4 Å². The minimum atomic E-state index is -3.49. The predicted molar refractivity (Wildman–Crippen MR) is 108 cm³/mol. The number of likely N-dealkylation sites (N-methyl/N-ethyl adjacent to an activating group) is 1. The van der Waals surface area contributed by atoms with Crippen LogP contribution in [0, 0.1) is 0 Å². The van der Waals surface area contributed by atoms with Crippen molar-refractivity contribution in [2.45, 2.75) is 11.4 Å². The maximum absolute atomic E-state index is 12.2. The van der Waals surface area contributed by atoms with Gasteiger partial charge in [-0.25, -0.2) is 12.7 Å². The summed E-state index contributed by atoms with van der Waals surface area (Å²) in [4.78, 5) is 13.3. The first-order valence-corrected chi connectivity index (χ1v) is 10.4. The van der Waals surface area contributed by atoms with Crippen molar-refractivity contribution in [3.63, 3.8) is 0 Å². The summed E-state index contributed by atoms with van der Waals surface area (Å²) in [5.41, 5.74) is 1.40. The van der Waals surface area contributed by atoms with Crippen molar-refractivity contribution in [3.8, 4) is 0 Å². The molecule has 0 fully saturated rings. The Labute approximate surface area is 169 Å². The topological polar surface area (TPSA) is 70.9 Å². The number of amides is 1. The van der Waals surface area contributed by atoms with E-state index in [1.165, 1.54) is 26.2 Å². The van der Waals surface area contributed by atoms with Crippen molar-refractivity contribution in [2.75, 3.05) is 33.0 Å². The van der Waals surface area contributed by atoms with Gasteiger partial charge in [0.1, 0.15) is 6.54 Å². The molecule has 2 N–H and O–H groups in total. The number of quaternary nitrogens is 1. The van der Waals surface area contributed by atoms with Crippen LogP contribution in [-0.4, -0.2) is 46.3 Å². The van der Waals surface area contributed by atoms with Crippen molar-refractivity contribution >= 4 is 44.8 Å². The zero-order valence-corrected chi connectivity index (χ0v) is 17.6. The molecule has 1 unspecified atom stereocenters. The monoisotopic (exact) mass is 430 g/mol. The van der Waals surface area contributed by atoms with Crippen molar-refractivity contribution in [3.05, 3.63) is 58.1 Å². The first-order valence-electron chi connectivity index (χ1n) is 8.18. The zero-order chi connectivity index (χ0) is 20.2. The highest BCUT2D eigenvalue weighted by molar-refractivity contribution is 7.89. The highest BCUT2D eigenvalue weighted by atomic mass is 35.5. The van der Waals surface area contributed by atoms with Gasteiger partial charge in [-0.2, -0.15) is 0 Å². The number of hydrogen-bond donors (Lipinski definition) is 2. The number of nitrogens with one attached hydrogen (secondary N) is 2. The number of nitrogens with zero attached hydrogens (tertiary/aromatic N) is 1. The van der Waals surface area contributed by atoms with Crippen LogP contribution < -0.4 is 10.2 Å². The molecule has 146 valence electrons. The van der Waals surface area contributed by atoms with Gasteiger partial charge in [0, 0.05) is 25.3 Å². The van der Waals surface area contributed by atoms with Crippen molar-refractivity contribution in [2.24, 2.45) is 0 Å². The van der Waals surface area contributed by atoms with Crippen molar-refractivity contribution < 1.29 is 18.1 Å². The van der Waals surface area contributed by atoms with Crippen LogP contribution in [0.1, 0.15) is 5.56 Å². The van der Waals surface area contributed by atoms with E-state index >= 15 is 0 Å². The fraction of sp³-hybridized carbons (Fsp3) is 0.278. The van der Waals surface area contributed by atoms with E-state index in [2.05, 4.69) is 5.32 Å². The summed E-state index contributed by atoms with van der Waals surface area (Å²) in [5.74, 6) is -0.186. The molecule has 0 radical (unpaired) electrons. The number of rotatable bonds is 7. The highest BCUT2D eigenvalue weighted by Crippen LogP contribution is 2.24. The lowest BCUT2D eigenvalue weighted by Gasteiger charge is -2.15. The molecule has 9 heteroatoms. The average Bonchev–Trinajstić information content (AvgIpc) is 2.59. The fourth-order valence-electron chi connectivity index (χ4n) is 2.47. The molecule has 0 aliphatic heterocycles. The molecule has 1 atom stereocenters. The van der Waals surface area contributed by atoms with E-state index in [4.69, 9.17) is 23.2 Å². The molecule has 2 aromatic carbocycles. The second-order valence-electron chi connectivity index (χ2n) is 6.38. The molecule has 6 nitrogen and oxygen atoms in total. The van der Waals surface area contributed by atoms with Crippen LogP contribution in [0.5, 0.6) is 0 Å². The molecular weight excluding hydrogens is 409 g/mol. The standard InChI is InChI=1S/C18H21Cl2N3O3S/c1-22(2)27(25,26)15-9-7-14(8-10-15)21-17(24)12-23(3)11-13-5-4-6-16(19)18(13)20/h4-10H,11-12H2,1-3H3,(H,21,24)/p+1. The minimum Gasteiger partial charge on any atom is -0.326 e. The molecule has 2 rings (SSSR count). The van der Waals surface area contributed by atoms with E-state index in [1.54, 1.807) is 18.2 Å². The summed E-state index contributed by atoms with van der Waals surface area (Å²) in [6, 6.07) is 11.5. The van der Waals surface area contributed by atoms with Gasteiger partial charge in [0.15, 0.2) is 6.54 Å². The second kappa shape index (κ2) is 9.03. The van der Waals surface area contributed by atoms with Crippen LogP contribution in [0.25, 0.3) is 0 Å². The smallest absolute Gasteiger partial charge is 0.279 e. The average molecular weight is 431 g/mol. The number of anilines is 1. The van der Waals surface area contributed by atoms with E-state index in [0.29, 0.717) is 22.3 Å². The lowest BCUT2D eigenvalue weighted by atomic mass is 10.2. The summed E-state index contributed by atoms with van der Waals surface area (Å²) in [7, 11) is 1.32. The third-order valence-corrected chi connectivity index (χ3v) is 6.59. The van der Waals surface area contributed by atoms with Gasteiger partial charge in [-0.1, -0.05) is 35.3 Å². The summed E-state index contributed by atoms with van der Waals surface area (Å²) >= 11 is 12.2. The number of carbonyl (C=O) groups is 1. The highest BCUT2D eigenvalue weighted by Gasteiger charge is 2.17. The maximum Gasteiger partial charge on any atom is 0.279 e. The Kier molecular flexibility index (Phi) is 7.25. The lowest BCUT2D eigenvalue weighted by molar-refractivity contribution is -0.885. The molecule has 0 bridgehead atoms. The molecule has 0 saturated carbocycles. The normalized spacial score (nSPS) is 12.8. The number of benzene rings is 2. The Bertz CT molecular complexity index is 916. The van der Waals surface area contributed by atoms with Crippen LogP contribution in [0.4, 0.5) is 5.69 Å². The van der Waals surface area contributed by atoms with E-state index < -0.39 is 10.0 Å². The van der Waals surface area contributed by atoms with Crippen LogP contribution in [-0.2, 0) is 21.4 Å². The van der Waals surface area contributed by atoms with Gasteiger partial charge in [0.2, 0.25) is 10.0 Å². The van der Waals surface area contributed by atoms with Gasteiger partial charge >= 0.3 is 0 Å². The summed E-state index contributed by atoms with van der Waals surface area (Å²) in [6.45, 7) is 0.771. The molecule has 2 aromatic rings. The number of halogens is 2. The Hall–Kier alpha value is -1.64. The van der Waals surface area contributed by atoms with Gasteiger partial charge in [-0.05, 0) is 30.3 Å². The Morgan fingerprint density at radius 1 is 1.11 bits per heavy atom. The van der Waals surface area contributed by atoms with E-state index in [0.717, 1.165) is 14.8 Å².